The summed E-state index contributed by atoms with van der Waals surface area (Å²) in [6.07, 6.45) is 4.09. The van der Waals surface area contributed by atoms with E-state index in [1.165, 1.54) is 0 Å². The van der Waals surface area contributed by atoms with Crippen molar-refractivity contribution in [1.82, 2.24) is 4.90 Å². The Morgan fingerprint density at radius 1 is 1.29 bits per heavy atom. The van der Waals surface area contributed by atoms with Crippen LogP contribution < -0.4 is 9.47 Å². The molecule has 1 unspecified atom stereocenters. The summed E-state index contributed by atoms with van der Waals surface area (Å²) in [5, 5.41) is 0. The monoisotopic (exact) mass is 309 g/mol. The molecule has 2 aliphatic heterocycles. The highest BCUT2D eigenvalue weighted by molar-refractivity contribution is 6.17. The molecule has 1 aromatic rings. The van der Waals surface area contributed by atoms with Crippen LogP contribution in [-0.2, 0) is 0 Å². The number of fused-ring (bicyclic) bond motifs is 1. The smallest absolute Gasteiger partial charge is 0.254 e. The lowest BCUT2D eigenvalue weighted by molar-refractivity contribution is 0.0729. The highest BCUT2D eigenvalue weighted by Gasteiger charge is 2.29. The Labute approximate surface area is 130 Å². The number of hydrogen-bond donors (Lipinski definition) is 0. The molecule has 1 fully saturated rings. The minimum Gasteiger partial charge on any atom is -0.486 e. The number of nitrogens with zero attached hydrogens (tertiary/aromatic N) is 1. The molecule has 0 bridgehead atoms. The Kier molecular flexibility index (Phi) is 4.54. The second-order valence-electron chi connectivity index (χ2n) is 5.48. The van der Waals surface area contributed by atoms with Crippen molar-refractivity contribution in [1.29, 1.82) is 0 Å². The molecule has 5 heteroatoms. The van der Waals surface area contributed by atoms with E-state index in [0.717, 1.165) is 38.0 Å². The number of amides is 1. The molecule has 1 amide bonds. The molecule has 2 heterocycles. The van der Waals surface area contributed by atoms with Crippen molar-refractivity contribution in [2.24, 2.45) is 0 Å². The fourth-order valence-corrected chi connectivity index (χ4v) is 3.21. The van der Waals surface area contributed by atoms with Crippen LogP contribution in [0.2, 0.25) is 0 Å². The van der Waals surface area contributed by atoms with Gasteiger partial charge in [-0.05, 0) is 43.9 Å². The predicted octanol–water partition coefficient (Wildman–Crippen LogP) is 3.08. The SMILES string of the molecule is O=C(c1ccc2c(c1)OCCO2)N1CCCC1CCCCl. The maximum Gasteiger partial charge on any atom is 0.254 e. The zero-order valence-electron chi connectivity index (χ0n) is 12.0. The van der Waals surface area contributed by atoms with E-state index in [1.54, 1.807) is 6.07 Å². The van der Waals surface area contributed by atoms with Crippen LogP contribution in [0.4, 0.5) is 0 Å². The first kappa shape index (κ1) is 14.5. The molecule has 0 aromatic heterocycles. The molecule has 0 N–H and O–H groups in total. The van der Waals surface area contributed by atoms with Gasteiger partial charge in [0.2, 0.25) is 0 Å². The van der Waals surface area contributed by atoms with Gasteiger partial charge in [0.1, 0.15) is 13.2 Å². The molecule has 1 aromatic carbocycles. The Balaban J connectivity index is 1.75. The summed E-state index contributed by atoms with van der Waals surface area (Å²) < 4.78 is 11.0. The van der Waals surface area contributed by atoms with E-state index in [9.17, 15) is 4.79 Å². The second-order valence-corrected chi connectivity index (χ2v) is 5.86. The van der Waals surface area contributed by atoms with E-state index in [1.807, 2.05) is 17.0 Å². The van der Waals surface area contributed by atoms with Crippen molar-refractivity contribution in [3.05, 3.63) is 23.8 Å². The average molecular weight is 310 g/mol. The third-order valence-electron chi connectivity index (χ3n) is 4.10. The predicted molar refractivity (Wildman–Crippen MR) is 81.4 cm³/mol. The Morgan fingerprint density at radius 2 is 2.10 bits per heavy atom. The molecule has 0 spiro atoms. The minimum absolute atomic E-state index is 0.0871. The minimum atomic E-state index is 0.0871. The molecule has 3 rings (SSSR count). The topological polar surface area (TPSA) is 38.8 Å². The van der Waals surface area contributed by atoms with Gasteiger partial charge in [-0.3, -0.25) is 4.79 Å². The molecule has 1 saturated heterocycles. The number of alkyl halides is 1. The Bertz CT molecular complexity index is 520. The van der Waals surface area contributed by atoms with Gasteiger partial charge >= 0.3 is 0 Å². The lowest BCUT2D eigenvalue weighted by Gasteiger charge is -2.25. The number of halogens is 1. The van der Waals surface area contributed by atoms with Gasteiger partial charge in [-0.1, -0.05) is 0 Å². The summed E-state index contributed by atoms with van der Waals surface area (Å²) in [7, 11) is 0. The van der Waals surface area contributed by atoms with Crippen LogP contribution in [-0.4, -0.2) is 42.5 Å². The summed E-state index contributed by atoms with van der Waals surface area (Å²) >= 11 is 5.77. The van der Waals surface area contributed by atoms with Crippen molar-refractivity contribution in [3.63, 3.8) is 0 Å². The van der Waals surface area contributed by atoms with Crippen LogP contribution >= 0.6 is 11.6 Å². The first-order chi connectivity index (χ1) is 10.3. The number of carbonyl (C=O) groups excluding carboxylic acids is 1. The molecule has 0 aliphatic carbocycles. The average Bonchev–Trinajstić information content (AvgIpc) is 3.00. The van der Waals surface area contributed by atoms with Gasteiger partial charge in [0.25, 0.3) is 5.91 Å². The van der Waals surface area contributed by atoms with E-state index in [2.05, 4.69) is 0 Å². The maximum absolute atomic E-state index is 12.7. The summed E-state index contributed by atoms with van der Waals surface area (Å²) in [5.74, 6) is 2.13. The zero-order chi connectivity index (χ0) is 14.7. The van der Waals surface area contributed by atoms with Gasteiger partial charge in [-0.2, -0.15) is 0 Å². The fraction of sp³-hybridized carbons (Fsp3) is 0.562. The van der Waals surface area contributed by atoms with E-state index < -0.39 is 0 Å². The van der Waals surface area contributed by atoms with Crippen LogP contribution in [0, 0.1) is 0 Å². The maximum atomic E-state index is 12.7. The molecule has 0 saturated carbocycles. The Morgan fingerprint density at radius 3 is 2.90 bits per heavy atom. The highest BCUT2D eigenvalue weighted by atomic mass is 35.5. The van der Waals surface area contributed by atoms with Crippen molar-refractivity contribution >= 4 is 17.5 Å². The molecule has 21 heavy (non-hydrogen) atoms. The van der Waals surface area contributed by atoms with Gasteiger partial charge in [0.15, 0.2) is 11.5 Å². The lowest BCUT2D eigenvalue weighted by atomic mass is 10.1. The number of benzene rings is 1. The van der Waals surface area contributed by atoms with Crippen LogP contribution in [0.25, 0.3) is 0 Å². The van der Waals surface area contributed by atoms with Gasteiger partial charge in [0, 0.05) is 24.0 Å². The quantitative estimate of drug-likeness (QED) is 0.802. The third-order valence-corrected chi connectivity index (χ3v) is 4.37. The molecule has 114 valence electrons. The van der Waals surface area contributed by atoms with Crippen LogP contribution in [0.5, 0.6) is 11.5 Å². The standard InChI is InChI=1S/C16H20ClNO3/c17-7-1-3-13-4-2-8-18(13)16(19)12-5-6-14-15(11-12)21-10-9-20-14/h5-6,11,13H,1-4,7-10H2. The summed E-state index contributed by atoms with van der Waals surface area (Å²) in [4.78, 5) is 14.7. The van der Waals surface area contributed by atoms with Crippen molar-refractivity contribution in [3.8, 4) is 11.5 Å². The fourth-order valence-electron chi connectivity index (χ4n) is 3.06. The van der Waals surface area contributed by atoms with Gasteiger partial charge in [0.05, 0.1) is 0 Å². The molecule has 0 radical (unpaired) electrons. The number of carbonyl (C=O) groups is 1. The summed E-state index contributed by atoms with van der Waals surface area (Å²) in [6, 6.07) is 5.77. The van der Waals surface area contributed by atoms with E-state index in [0.29, 0.717) is 36.4 Å². The van der Waals surface area contributed by atoms with Gasteiger partial charge in [-0.15, -0.1) is 11.6 Å². The number of rotatable bonds is 4. The summed E-state index contributed by atoms with van der Waals surface area (Å²) in [6.45, 7) is 1.93. The van der Waals surface area contributed by atoms with Crippen LogP contribution in [0.3, 0.4) is 0 Å². The van der Waals surface area contributed by atoms with Crippen molar-refractivity contribution in [2.45, 2.75) is 31.7 Å². The number of likely N-dealkylation sites (tertiary alicyclic amines) is 1. The highest BCUT2D eigenvalue weighted by Crippen LogP contribution is 2.32. The van der Waals surface area contributed by atoms with Crippen LogP contribution in [0.1, 0.15) is 36.0 Å². The van der Waals surface area contributed by atoms with E-state index in [-0.39, 0.29) is 5.91 Å². The molecule has 2 aliphatic rings. The van der Waals surface area contributed by atoms with Gasteiger partial charge in [-0.25, -0.2) is 0 Å². The van der Waals surface area contributed by atoms with Crippen molar-refractivity contribution < 1.29 is 14.3 Å². The zero-order valence-corrected chi connectivity index (χ0v) is 12.8. The molecular weight excluding hydrogens is 290 g/mol. The number of hydrogen-bond acceptors (Lipinski definition) is 3. The second kappa shape index (κ2) is 6.56. The van der Waals surface area contributed by atoms with Gasteiger partial charge < -0.3 is 14.4 Å². The first-order valence-electron chi connectivity index (χ1n) is 7.56. The molecule has 1 atom stereocenters. The molecule has 4 nitrogen and oxygen atoms in total. The Hall–Kier alpha value is -1.42. The van der Waals surface area contributed by atoms with E-state index in [4.69, 9.17) is 21.1 Å². The largest absolute Gasteiger partial charge is 0.486 e. The van der Waals surface area contributed by atoms with Crippen LogP contribution in [0.15, 0.2) is 18.2 Å². The van der Waals surface area contributed by atoms with E-state index >= 15 is 0 Å². The lowest BCUT2D eigenvalue weighted by Crippen LogP contribution is -2.35. The molecular formula is C16H20ClNO3. The van der Waals surface area contributed by atoms with Crippen molar-refractivity contribution in [2.75, 3.05) is 25.6 Å². The first-order valence-corrected chi connectivity index (χ1v) is 8.09. The normalized spacial score (nSPS) is 20.6. The third kappa shape index (κ3) is 3.10. The number of ether oxygens (including phenoxy) is 2. The summed E-state index contributed by atoms with van der Waals surface area (Å²) in [5.41, 5.74) is 0.678.